The van der Waals surface area contributed by atoms with Crippen LogP contribution in [0.2, 0.25) is 0 Å². The Morgan fingerprint density at radius 3 is 1.96 bits per heavy atom. The molecule has 0 saturated heterocycles. The van der Waals surface area contributed by atoms with Crippen molar-refractivity contribution >= 4 is 0 Å². The van der Waals surface area contributed by atoms with Crippen LogP contribution in [0.1, 0.15) is 52.0 Å². The smallest absolute Gasteiger partial charge is 0.421 e. The number of hydrogen-bond donors (Lipinski definition) is 1. The third-order valence-corrected chi connectivity index (χ3v) is 3.57. The van der Waals surface area contributed by atoms with Gasteiger partial charge in [-0.25, -0.2) is 0 Å². The van der Waals surface area contributed by atoms with E-state index in [2.05, 4.69) is 0 Å². The lowest BCUT2D eigenvalue weighted by molar-refractivity contribution is -0.258. The summed E-state index contributed by atoms with van der Waals surface area (Å²) in [7, 11) is 0. The number of hydrogen-bond acceptors (Lipinski definition) is 3. The molecule has 0 aliphatic heterocycles. The van der Waals surface area contributed by atoms with Crippen molar-refractivity contribution in [3.8, 4) is 11.5 Å². The molecule has 0 spiro atoms. The molecule has 0 saturated carbocycles. The maximum atomic E-state index is 13.0. The Morgan fingerprint density at radius 2 is 1.48 bits per heavy atom. The second-order valence-electron chi connectivity index (χ2n) is 5.64. The van der Waals surface area contributed by atoms with Crippen LogP contribution in [-0.2, 0) is 5.60 Å². The molecule has 6 heteroatoms. The van der Waals surface area contributed by atoms with Crippen molar-refractivity contribution in [2.75, 3.05) is 13.2 Å². The molecule has 0 aliphatic carbocycles. The molecule has 1 atom stereocenters. The Kier molecular flexibility index (Phi) is 7.19. The van der Waals surface area contributed by atoms with Crippen molar-refractivity contribution in [2.24, 2.45) is 0 Å². The van der Waals surface area contributed by atoms with Gasteiger partial charge in [0.1, 0.15) is 0 Å². The predicted molar refractivity (Wildman–Crippen MR) is 82.9 cm³/mol. The third kappa shape index (κ3) is 5.30. The quantitative estimate of drug-likeness (QED) is 0.658. The van der Waals surface area contributed by atoms with Gasteiger partial charge in [0.15, 0.2) is 17.1 Å². The van der Waals surface area contributed by atoms with Gasteiger partial charge < -0.3 is 14.6 Å². The van der Waals surface area contributed by atoms with E-state index in [-0.39, 0.29) is 11.3 Å². The number of alkyl halides is 3. The van der Waals surface area contributed by atoms with E-state index in [1.54, 1.807) is 0 Å². The number of halogens is 3. The van der Waals surface area contributed by atoms with Gasteiger partial charge in [-0.2, -0.15) is 13.2 Å². The minimum absolute atomic E-state index is 0.233. The first-order valence-electron chi connectivity index (χ1n) is 7.93. The summed E-state index contributed by atoms with van der Waals surface area (Å²) in [6.07, 6.45) is -1.28. The highest BCUT2D eigenvalue weighted by molar-refractivity contribution is 5.45. The van der Waals surface area contributed by atoms with Crippen LogP contribution >= 0.6 is 0 Å². The third-order valence-electron chi connectivity index (χ3n) is 3.57. The van der Waals surface area contributed by atoms with Crippen molar-refractivity contribution in [2.45, 2.75) is 58.2 Å². The highest BCUT2D eigenvalue weighted by atomic mass is 19.4. The Bertz CT molecular complexity index is 484. The van der Waals surface area contributed by atoms with Crippen molar-refractivity contribution in [3.63, 3.8) is 0 Å². The topological polar surface area (TPSA) is 38.7 Å². The van der Waals surface area contributed by atoms with Crippen LogP contribution < -0.4 is 9.47 Å². The normalized spacial score (nSPS) is 14.4. The molecule has 0 aliphatic rings. The van der Waals surface area contributed by atoms with Crippen LogP contribution in [-0.4, -0.2) is 24.5 Å². The lowest BCUT2D eigenvalue weighted by Crippen LogP contribution is -2.39. The van der Waals surface area contributed by atoms with E-state index in [4.69, 9.17) is 9.47 Å². The first kappa shape index (κ1) is 19.6. The minimum Gasteiger partial charge on any atom is -0.490 e. The van der Waals surface area contributed by atoms with Crippen molar-refractivity contribution < 1.29 is 27.8 Å². The summed E-state index contributed by atoms with van der Waals surface area (Å²) < 4.78 is 50.1. The standard InChI is InChI=1S/C17H25F3O3/c1-4-6-10-22-14-9-8-13(16(3,21)17(18,19)20)12-15(14)23-11-7-5-2/h8-9,12,21H,4-7,10-11H2,1-3H3. The number of unbranched alkanes of at least 4 members (excludes halogenated alkanes) is 2. The minimum atomic E-state index is -4.77. The molecule has 0 bridgehead atoms. The van der Waals surface area contributed by atoms with Gasteiger partial charge in [-0.05, 0) is 37.5 Å². The Hall–Kier alpha value is -1.43. The Labute approximate surface area is 135 Å². The molecule has 0 aromatic heterocycles. The second kappa shape index (κ2) is 8.43. The zero-order valence-corrected chi connectivity index (χ0v) is 13.9. The largest absolute Gasteiger partial charge is 0.490 e. The zero-order valence-electron chi connectivity index (χ0n) is 13.9. The van der Waals surface area contributed by atoms with Crippen LogP contribution in [0.15, 0.2) is 18.2 Å². The van der Waals surface area contributed by atoms with E-state index in [9.17, 15) is 18.3 Å². The molecule has 1 N–H and O–H groups in total. The summed E-state index contributed by atoms with van der Waals surface area (Å²) >= 11 is 0. The first-order chi connectivity index (χ1) is 10.7. The average molecular weight is 334 g/mol. The maximum absolute atomic E-state index is 13.0. The fraction of sp³-hybridized carbons (Fsp3) is 0.647. The fourth-order valence-electron chi connectivity index (χ4n) is 1.86. The van der Waals surface area contributed by atoms with Gasteiger partial charge in [0.2, 0.25) is 0 Å². The van der Waals surface area contributed by atoms with E-state index >= 15 is 0 Å². The van der Waals surface area contributed by atoms with Gasteiger partial charge in [0.25, 0.3) is 0 Å². The Balaban J connectivity index is 3.05. The van der Waals surface area contributed by atoms with Crippen LogP contribution in [0.4, 0.5) is 13.2 Å². The molecule has 1 rings (SSSR count). The number of aliphatic hydroxyl groups is 1. The SMILES string of the molecule is CCCCOc1ccc(C(C)(O)C(F)(F)F)cc1OCCCC. The predicted octanol–water partition coefficient (Wildman–Crippen LogP) is 4.81. The zero-order chi connectivity index (χ0) is 17.5. The summed E-state index contributed by atoms with van der Waals surface area (Å²) in [5.74, 6) is 0.632. The molecule has 0 fully saturated rings. The van der Waals surface area contributed by atoms with Crippen LogP contribution in [0.25, 0.3) is 0 Å². The second-order valence-corrected chi connectivity index (χ2v) is 5.64. The summed E-state index contributed by atoms with van der Waals surface area (Å²) in [5, 5.41) is 9.80. The van der Waals surface area contributed by atoms with Gasteiger partial charge in [0, 0.05) is 0 Å². The van der Waals surface area contributed by atoms with Gasteiger partial charge in [-0.1, -0.05) is 32.8 Å². The van der Waals surface area contributed by atoms with E-state index in [0.717, 1.165) is 32.6 Å². The highest BCUT2D eigenvalue weighted by Gasteiger charge is 2.51. The summed E-state index contributed by atoms with van der Waals surface area (Å²) in [5.41, 5.74) is -3.20. The molecule has 1 aromatic rings. The van der Waals surface area contributed by atoms with E-state index in [1.807, 2.05) is 13.8 Å². The van der Waals surface area contributed by atoms with Gasteiger partial charge in [-0.15, -0.1) is 0 Å². The van der Waals surface area contributed by atoms with Gasteiger partial charge in [-0.3, -0.25) is 0 Å². The highest BCUT2D eigenvalue weighted by Crippen LogP contribution is 2.41. The van der Waals surface area contributed by atoms with Gasteiger partial charge >= 0.3 is 6.18 Å². The molecular weight excluding hydrogens is 309 g/mol. The maximum Gasteiger partial charge on any atom is 0.421 e. The lowest BCUT2D eigenvalue weighted by Gasteiger charge is -2.27. The number of rotatable bonds is 9. The summed E-state index contributed by atoms with van der Waals surface area (Å²) in [4.78, 5) is 0. The summed E-state index contributed by atoms with van der Waals surface area (Å²) in [6, 6.07) is 3.86. The van der Waals surface area contributed by atoms with Gasteiger partial charge in [0.05, 0.1) is 13.2 Å². The van der Waals surface area contributed by atoms with Crippen molar-refractivity contribution in [1.82, 2.24) is 0 Å². The summed E-state index contributed by atoms with van der Waals surface area (Å²) in [6.45, 7) is 5.60. The van der Waals surface area contributed by atoms with Crippen molar-refractivity contribution in [1.29, 1.82) is 0 Å². The molecule has 23 heavy (non-hydrogen) atoms. The average Bonchev–Trinajstić information content (AvgIpc) is 2.47. The van der Waals surface area contributed by atoms with E-state index in [1.165, 1.54) is 18.2 Å². The van der Waals surface area contributed by atoms with E-state index < -0.39 is 11.8 Å². The molecule has 0 heterocycles. The molecule has 1 aromatic carbocycles. The molecule has 1 unspecified atom stereocenters. The van der Waals surface area contributed by atoms with Crippen LogP contribution in [0.3, 0.4) is 0 Å². The molecule has 0 radical (unpaired) electrons. The molecule has 3 nitrogen and oxygen atoms in total. The van der Waals surface area contributed by atoms with Crippen LogP contribution in [0.5, 0.6) is 11.5 Å². The fourth-order valence-corrected chi connectivity index (χ4v) is 1.86. The number of benzene rings is 1. The van der Waals surface area contributed by atoms with E-state index in [0.29, 0.717) is 19.0 Å². The molecule has 0 amide bonds. The monoisotopic (exact) mass is 334 g/mol. The number of ether oxygens (including phenoxy) is 2. The Morgan fingerprint density at radius 1 is 0.957 bits per heavy atom. The molecular formula is C17H25F3O3. The first-order valence-corrected chi connectivity index (χ1v) is 7.93. The van der Waals surface area contributed by atoms with Crippen molar-refractivity contribution in [3.05, 3.63) is 23.8 Å². The molecule has 132 valence electrons. The van der Waals surface area contributed by atoms with Crippen LogP contribution in [0, 0.1) is 0 Å². The lowest BCUT2D eigenvalue weighted by atomic mass is 9.95.